The van der Waals surface area contributed by atoms with Crippen LogP contribution in [0.3, 0.4) is 0 Å². The average Bonchev–Trinajstić information content (AvgIpc) is 3.85. The molecule has 1 fully saturated rings. The van der Waals surface area contributed by atoms with Crippen LogP contribution in [0.2, 0.25) is 5.02 Å². The molecule has 19 nitrogen and oxygen atoms in total. The second kappa shape index (κ2) is 27.0. The highest BCUT2D eigenvalue weighted by Gasteiger charge is 2.29. The van der Waals surface area contributed by atoms with Gasteiger partial charge in [0.05, 0.1) is 45.6 Å². The highest BCUT2D eigenvalue weighted by Crippen LogP contribution is 2.43. The lowest BCUT2D eigenvalue weighted by Gasteiger charge is -2.36. The molecule has 1 amide bonds. The highest BCUT2D eigenvalue weighted by atomic mass is 35.5. The number of sulfone groups is 1. The lowest BCUT2D eigenvalue weighted by molar-refractivity contribution is -0.143. The van der Waals surface area contributed by atoms with E-state index in [0.717, 1.165) is 92.0 Å². The summed E-state index contributed by atoms with van der Waals surface area (Å²) in [5.41, 5.74) is 13.2. The molecule has 80 heavy (non-hydrogen) atoms. The molecule has 426 valence electrons. The predicted molar refractivity (Wildman–Crippen MR) is 315 cm³/mol. The zero-order chi connectivity index (χ0) is 57.0. The minimum atomic E-state index is -3.76. The third-order valence-electron chi connectivity index (χ3n) is 14.2. The molecule has 5 aromatic carbocycles. The number of nitrogens with zero attached hydrogens (tertiary/aromatic N) is 6. The minimum Gasteiger partial charge on any atom is -0.481 e. The minimum absolute atomic E-state index is 0.0183. The third kappa shape index (κ3) is 14.9. The number of carbonyl (C=O) groups is 2. The summed E-state index contributed by atoms with van der Waals surface area (Å²) in [7, 11) is -3.93. The zero-order valence-electron chi connectivity index (χ0n) is 46.2. The molecule has 1 aromatic heterocycles. The van der Waals surface area contributed by atoms with E-state index in [-0.39, 0.29) is 58.7 Å². The van der Waals surface area contributed by atoms with Crippen molar-refractivity contribution in [3.05, 3.63) is 143 Å². The van der Waals surface area contributed by atoms with Gasteiger partial charge >= 0.3 is 5.97 Å². The van der Waals surface area contributed by atoms with E-state index < -0.39 is 31.0 Å². The summed E-state index contributed by atoms with van der Waals surface area (Å²) >= 11 is 6.45. The topological polar surface area (TPSA) is 220 Å². The fourth-order valence-electron chi connectivity index (χ4n) is 9.64. The number of sulfonamides is 1. The number of anilines is 7. The van der Waals surface area contributed by atoms with Crippen LogP contribution in [0.5, 0.6) is 5.75 Å². The number of carbonyl (C=O) groups excluding carboxylic acids is 2. The fourth-order valence-corrected chi connectivity index (χ4v) is 12.1. The second-order valence-corrected chi connectivity index (χ2v) is 25.1. The molecule has 8 rings (SSSR count). The number of ether oxygens (including phenoxy) is 2. The van der Waals surface area contributed by atoms with Gasteiger partial charge in [-0.15, -0.1) is 5.53 Å². The molecule has 2 aliphatic rings. The van der Waals surface area contributed by atoms with E-state index in [2.05, 4.69) is 58.8 Å². The lowest BCUT2D eigenvalue weighted by atomic mass is 9.86. The first kappa shape index (κ1) is 59.1. The quantitative estimate of drug-likeness (QED) is 0.0252. The van der Waals surface area contributed by atoms with Crippen molar-refractivity contribution < 1.29 is 35.9 Å². The molecular weight excluding hydrogens is 1080 g/mol. The summed E-state index contributed by atoms with van der Waals surface area (Å²) in [4.78, 5) is 40.5. The Balaban J connectivity index is 0.775. The number of hydrazine groups is 2. The van der Waals surface area contributed by atoms with Gasteiger partial charge in [-0.05, 0) is 130 Å². The van der Waals surface area contributed by atoms with Gasteiger partial charge in [-0.25, -0.2) is 21.8 Å². The van der Waals surface area contributed by atoms with Crippen molar-refractivity contribution in [3.8, 4) is 5.75 Å². The molecule has 5 N–H and O–H groups in total. The largest absolute Gasteiger partial charge is 0.481 e. The van der Waals surface area contributed by atoms with Crippen molar-refractivity contribution in [1.82, 2.24) is 30.0 Å². The van der Waals surface area contributed by atoms with Gasteiger partial charge in [-0.3, -0.25) is 19.5 Å². The van der Waals surface area contributed by atoms with E-state index in [1.54, 1.807) is 87.4 Å². The van der Waals surface area contributed by atoms with Gasteiger partial charge in [0, 0.05) is 70.7 Å². The SMILES string of the molecule is CCOC(=O)CC(c1ccc(C)c(CN(C)S(=O)(=O)c2ccccc2)c1)c1cc2c(c(OCC(=O)NCCCCCCN3CCN(c4ccc(Nc5ncc(Cl)c(Nc6ccccc6S(=O)(=O)C(C)C)n5)cc4)CC3)c1)N(C)NN2. The van der Waals surface area contributed by atoms with Crippen LogP contribution < -0.4 is 41.6 Å². The summed E-state index contributed by atoms with van der Waals surface area (Å²) in [5.74, 6) is -0.0746. The molecule has 2 aliphatic heterocycles. The Labute approximate surface area is 475 Å². The Hall–Kier alpha value is -7.01. The Morgan fingerprint density at radius 2 is 1.57 bits per heavy atom. The van der Waals surface area contributed by atoms with Gasteiger partial charge in [-0.2, -0.15) is 9.29 Å². The lowest BCUT2D eigenvalue weighted by Crippen LogP contribution is -2.46. The monoisotopic (exact) mass is 1150 g/mol. The maximum absolute atomic E-state index is 13.5. The number of para-hydroxylation sites is 1. The Kier molecular flexibility index (Phi) is 19.9. The summed E-state index contributed by atoms with van der Waals surface area (Å²) in [5, 5.41) is 10.8. The van der Waals surface area contributed by atoms with Crippen LogP contribution in [0.25, 0.3) is 0 Å². The van der Waals surface area contributed by atoms with Crippen molar-refractivity contribution in [3.63, 3.8) is 0 Å². The number of benzene rings is 5. The van der Waals surface area contributed by atoms with Crippen LogP contribution in [0, 0.1) is 6.92 Å². The molecule has 22 heteroatoms. The van der Waals surface area contributed by atoms with Crippen LogP contribution in [0.4, 0.5) is 40.2 Å². The Morgan fingerprint density at radius 3 is 2.31 bits per heavy atom. The van der Waals surface area contributed by atoms with Crippen LogP contribution in [-0.2, 0) is 40.7 Å². The molecule has 0 bridgehead atoms. The van der Waals surface area contributed by atoms with Crippen molar-refractivity contribution in [1.29, 1.82) is 0 Å². The zero-order valence-corrected chi connectivity index (χ0v) is 48.6. The van der Waals surface area contributed by atoms with E-state index >= 15 is 0 Å². The molecule has 0 spiro atoms. The van der Waals surface area contributed by atoms with Crippen molar-refractivity contribution >= 4 is 83.5 Å². The van der Waals surface area contributed by atoms with Crippen molar-refractivity contribution in [2.24, 2.45) is 0 Å². The number of amides is 1. The molecule has 6 aromatic rings. The van der Waals surface area contributed by atoms with Gasteiger partial charge in [0.25, 0.3) is 5.91 Å². The van der Waals surface area contributed by atoms with E-state index in [9.17, 15) is 26.4 Å². The van der Waals surface area contributed by atoms with Crippen LogP contribution >= 0.6 is 11.6 Å². The first-order valence-electron chi connectivity index (χ1n) is 27.0. The number of hydrogen-bond acceptors (Lipinski definition) is 17. The van der Waals surface area contributed by atoms with Crippen LogP contribution in [0.1, 0.15) is 81.0 Å². The van der Waals surface area contributed by atoms with Crippen LogP contribution in [0.15, 0.2) is 125 Å². The summed E-state index contributed by atoms with van der Waals surface area (Å²) in [6, 6.07) is 32.7. The number of aromatic nitrogens is 2. The van der Waals surface area contributed by atoms with Gasteiger partial charge in [0.15, 0.2) is 22.3 Å². The number of fused-ring (bicyclic) bond motifs is 1. The first-order valence-corrected chi connectivity index (χ1v) is 30.3. The maximum atomic E-state index is 13.5. The number of aryl methyl sites for hydroxylation is 1. The molecule has 1 atom stereocenters. The Bertz CT molecular complexity index is 3330. The molecular formula is C58H72ClN11O8S2. The number of nitrogens with one attached hydrogen (secondary N) is 5. The normalized spacial score (nSPS) is 14.2. The Morgan fingerprint density at radius 1 is 0.850 bits per heavy atom. The number of hydrogen-bond donors (Lipinski definition) is 5. The van der Waals surface area contributed by atoms with Gasteiger partial charge in [0.2, 0.25) is 16.0 Å². The van der Waals surface area contributed by atoms with E-state index in [1.807, 2.05) is 56.4 Å². The van der Waals surface area contributed by atoms with E-state index in [1.165, 1.54) is 10.5 Å². The van der Waals surface area contributed by atoms with E-state index in [4.69, 9.17) is 21.1 Å². The van der Waals surface area contributed by atoms with Gasteiger partial charge < -0.3 is 35.7 Å². The summed E-state index contributed by atoms with van der Waals surface area (Å²) < 4.78 is 66.0. The second-order valence-electron chi connectivity index (χ2n) is 20.2. The molecule has 0 saturated carbocycles. The molecule has 0 aliphatic carbocycles. The standard InChI is InChI=1S/C58H72ClN11O8S2/c1-7-77-55(72)36-48(42-22-21-41(4)44(33-42)38-67(5)80(75,76)47-17-11-10-12-18-47)43-34-51-56(68(6)66-65-51)52(35-43)78-39-54(71)60-27-15-8-9-16-28-69-29-31-70(32-30-69)46-25-23-45(24-26-46)62-58-61-37-49(59)57(64-58)63-50-19-13-14-20-53(50)79(73,74)40(2)3/h10-14,17-26,33-35,37,40,48,65-66H,7-9,15-16,27-32,36,38-39H2,1-6H3,(H,60,71)(H2,61,62,63,64). The number of rotatable bonds is 26. The van der Waals surface area contributed by atoms with Crippen molar-refractivity contribution in [2.45, 2.75) is 87.3 Å². The maximum Gasteiger partial charge on any atom is 0.306 e. The summed E-state index contributed by atoms with van der Waals surface area (Å²) in [6.07, 6.45) is 5.43. The van der Waals surface area contributed by atoms with E-state index in [0.29, 0.717) is 35.3 Å². The van der Waals surface area contributed by atoms with Gasteiger partial charge in [-0.1, -0.05) is 73.0 Å². The van der Waals surface area contributed by atoms with Gasteiger partial charge in [0.1, 0.15) is 16.5 Å². The highest BCUT2D eigenvalue weighted by molar-refractivity contribution is 7.92. The van der Waals surface area contributed by atoms with Crippen molar-refractivity contribution in [2.75, 3.05) is 92.5 Å². The third-order valence-corrected chi connectivity index (χ3v) is 18.5. The molecule has 1 saturated heterocycles. The molecule has 1 unspecified atom stereocenters. The number of halogens is 1. The summed E-state index contributed by atoms with van der Waals surface area (Å²) in [6.45, 7) is 12.4. The molecule has 3 heterocycles. The number of piperazine rings is 1. The fraction of sp³-hybridized carbons (Fsp3) is 0.379. The number of esters is 1. The molecule has 0 radical (unpaired) electrons. The van der Waals surface area contributed by atoms with Crippen LogP contribution in [-0.4, -0.2) is 120 Å². The predicted octanol–water partition coefficient (Wildman–Crippen LogP) is 9.17. The first-order chi connectivity index (χ1) is 38.4. The average molecular weight is 1150 g/mol. The number of unbranched alkanes of at least 4 members (excludes halogenated alkanes) is 3. The smallest absolute Gasteiger partial charge is 0.306 e.